The van der Waals surface area contributed by atoms with Gasteiger partial charge in [0.2, 0.25) is 0 Å². The Balaban J connectivity index is 4.38. The molecule has 0 fully saturated rings. The van der Waals surface area contributed by atoms with Crippen molar-refractivity contribution in [1.29, 1.82) is 0 Å². The van der Waals surface area contributed by atoms with Gasteiger partial charge in [0.05, 0.1) is 0 Å². The van der Waals surface area contributed by atoms with Crippen molar-refractivity contribution < 1.29 is 28.6 Å². The summed E-state index contributed by atoms with van der Waals surface area (Å²) in [5.41, 5.74) is 0. The van der Waals surface area contributed by atoms with Gasteiger partial charge in [-0.3, -0.25) is 14.4 Å². The van der Waals surface area contributed by atoms with E-state index in [4.69, 9.17) is 14.2 Å². The van der Waals surface area contributed by atoms with Crippen LogP contribution in [0.4, 0.5) is 0 Å². The van der Waals surface area contributed by atoms with E-state index < -0.39 is 6.10 Å². The molecule has 362 valence electrons. The van der Waals surface area contributed by atoms with Crippen LogP contribution in [0.2, 0.25) is 0 Å². The quantitative estimate of drug-likeness (QED) is 0.0199. The molecular formula is C57H98O6. The molecule has 0 saturated carbocycles. The molecule has 0 aliphatic carbocycles. The van der Waals surface area contributed by atoms with Crippen LogP contribution in [0.1, 0.15) is 252 Å². The van der Waals surface area contributed by atoms with Gasteiger partial charge in [0, 0.05) is 19.3 Å². The topological polar surface area (TPSA) is 78.9 Å². The second kappa shape index (κ2) is 51.5. The van der Waals surface area contributed by atoms with E-state index in [1.54, 1.807) is 0 Å². The Morgan fingerprint density at radius 3 is 1.06 bits per heavy atom. The van der Waals surface area contributed by atoms with Crippen LogP contribution in [0.15, 0.2) is 72.9 Å². The molecule has 0 saturated heterocycles. The summed E-state index contributed by atoms with van der Waals surface area (Å²) in [5, 5.41) is 0. The van der Waals surface area contributed by atoms with Crippen molar-refractivity contribution in [1.82, 2.24) is 0 Å². The zero-order valence-corrected chi connectivity index (χ0v) is 41.3. The Kier molecular flexibility index (Phi) is 48.9. The highest BCUT2D eigenvalue weighted by Crippen LogP contribution is 2.15. The van der Waals surface area contributed by atoms with Crippen LogP contribution in [-0.4, -0.2) is 37.2 Å². The number of esters is 3. The number of allylic oxidation sites excluding steroid dienone is 12. The summed E-state index contributed by atoms with van der Waals surface area (Å²) in [6, 6.07) is 0. The fraction of sp³-hybridized carbons (Fsp3) is 0.737. The van der Waals surface area contributed by atoms with Gasteiger partial charge in [-0.05, 0) is 89.9 Å². The largest absolute Gasteiger partial charge is 0.462 e. The maximum atomic E-state index is 12.8. The Bertz CT molecular complexity index is 1190. The summed E-state index contributed by atoms with van der Waals surface area (Å²) in [4.78, 5) is 38.0. The van der Waals surface area contributed by atoms with E-state index in [9.17, 15) is 14.4 Å². The van der Waals surface area contributed by atoms with Crippen molar-refractivity contribution in [2.24, 2.45) is 0 Å². The van der Waals surface area contributed by atoms with Crippen molar-refractivity contribution in [3.8, 4) is 0 Å². The fourth-order valence-electron chi connectivity index (χ4n) is 7.25. The van der Waals surface area contributed by atoms with E-state index in [2.05, 4.69) is 93.7 Å². The van der Waals surface area contributed by atoms with E-state index >= 15 is 0 Å². The van der Waals surface area contributed by atoms with Crippen LogP contribution >= 0.6 is 0 Å². The van der Waals surface area contributed by atoms with Gasteiger partial charge in [-0.15, -0.1) is 0 Å². The Labute approximate surface area is 389 Å². The first-order valence-electron chi connectivity index (χ1n) is 26.5. The molecule has 6 heteroatoms. The van der Waals surface area contributed by atoms with E-state index in [0.717, 1.165) is 96.3 Å². The number of unbranched alkanes of at least 4 members (excludes halogenated alkanes) is 27. The standard InChI is InChI=1S/C57H98O6/c1-4-7-10-13-16-19-22-25-26-27-28-29-30-33-35-38-41-44-47-50-56(59)62-53-54(63-57(60)51-48-45-42-39-36-32-24-21-18-15-12-9-6-3)52-61-55(58)49-46-43-40-37-34-31-23-20-17-14-11-8-5-2/h9,12,15-16,18-19,21-22,24-25,31,34,54H,4-8,10-11,13-14,17,20,23,26-30,32-33,35-53H2,1-3H3/b12-9+,18-15+,19-16+,24-21+,25-22+,34-31+. The van der Waals surface area contributed by atoms with Gasteiger partial charge in [0.1, 0.15) is 13.2 Å². The highest BCUT2D eigenvalue weighted by molar-refractivity contribution is 5.71. The molecule has 0 amide bonds. The average molecular weight is 879 g/mol. The molecule has 0 aliphatic rings. The Hall–Kier alpha value is -3.15. The molecule has 0 rings (SSSR count). The predicted molar refractivity (Wildman–Crippen MR) is 270 cm³/mol. The molecule has 0 bridgehead atoms. The number of hydrogen-bond donors (Lipinski definition) is 0. The molecule has 0 aromatic rings. The normalized spacial score (nSPS) is 12.6. The molecule has 0 radical (unpaired) electrons. The maximum Gasteiger partial charge on any atom is 0.306 e. The average Bonchev–Trinajstić information content (AvgIpc) is 3.28. The first-order valence-corrected chi connectivity index (χ1v) is 26.5. The van der Waals surface area contributed by atoms with Gasteiger partial charge < -0.3 is 14.2 Å². The molecule has 63 heavy (non-hydrogen) atoms. The second-order valence-corrected chi connectivity index (χ2v) is 17.5. The first kappa shape index (κ1) is 59.9. The number of hydrogen-bond acceptors (Lipinski definition) is 6. The summed E-state index contributed by atoms with van der Waals surface area (Å²) in [6.45, 7) is 6.44. The van der Waals surface area contributed by atoms with Gasteiger partial charge in [-0.1, -0.05) is 216 Å². The minimum Gasteiger partial charge on any atom is -0.462 e. The van der Waals surface area contributed by atoms with Gasteiger partial charge in [-0.2, -0.15) is 0 Å². The van der Waals surface area contributed by atoms with Crippen LogP contribution in [0, 0.1) is 0 Å². The van der Waals surface area contributed by atoms with E-state index in [1.165, 1.54) is 116 Å². The molecule has 1 atom stereocenters. The van der Waals surface area contributed by atoms with Crippen LogP contribution in [0.3, 0.4) is 0 Å². The van der Waals surface area contributed by atoms with Crippen LogP contribution in [0.25, 0.3) is 0 Å². The lowest BCUT2D eigenvalue weighted by Gasteiger charge is -2.18. The summed E-state index contributed by atoms with van der Waals surface area (Å²) < 4.78 is 16.8. The number of carbonyl (C=O) groups is 3. The molecule has 0 N–H and O–H groups in total. The molecule has 0 aromatic carbocycles. The van der Waals surface area contributed by atoms with Crippen LogP contribution in [0.5, 0.6) is 0 Å². The van der Waals surface area contributed by atoms with Crippen LogP contribution < -0.4 is 0 Å². The minimum absolute atomic E-state index is 0.0903. The summed E-state index contributed by atoms with van der Waals surface area (Å²) in [7, 11) is 0. The first-order chi connectivity index (χ1) is 31.0. The fourth-order valence-corrected chi connectivity index (χ4v) is 7.25. The lowest BCUT2D eigenvalue weighted by molar-refractivity contribution is -0.167. The van der Waals surface area contributed by atoms with Gasteiger partial charge in [0.15, 0.2) is 6.10 Å². The predicted octanol–water partition coefficient (Wildman–Crippen LogP) is 17.4. The molecule has 6 nitrogen and oxygen atoms in total. The van der Waals surface area contributed by atoms with Crippen molar-refractivity contribution in [3.05, 3.63) is 72.9 Å². The zero-order chi connectivity index (χ0) is 45.8. The highest BCUT2D eigenvalue weighted by atomic mass is 16.6. The Morgan fingerprint density at radius 2 is 0.635 bits per heavy atom. The van der Waals surface area contributed by atoms with Gasteiger partial charge in [-0.25, -0.2) is 0 Å². The van der Waals surface area contributed by atoms with Crippen LogP contribution in [-0.2, 0) is 28.6 Å². The van der Waals surface area contributed by atoms with E-state index in [0.29, 0.717) is 19.3 Å². The molecule has 1 unspecified atom stereocenters. The van der Waals surface area contributed by atoms with Gasteiger partial charge >= 0.3 is 17.9 Å². The molecule has 0 spiro atoms. The molecule has 0 aliphatic heterocycles. The molecule has 0 aromatic heterocycles. The maximum absolute atomic E-state index is 12.8. The van der Waals surface area contributed by atoms with E-state index in [-0.39, 0.29) is 31.1 Å². The van der Waals surface area contributed by atoms with Gasteiger partial charge in [0.25, 0.3) is 0 Å². The smallest absolute Gasteiger partial charge is 0.306 e. The molecular weight excluding hydrogens is 781 g/mol. The summed E-state index contributed by atoms with van der Waals surface area (Å²) >= 11 is 0. The highest BCUT2D eigenvalue weighted by Gasteiger charge is 2.19. The third-order valence-corrected chi connectivity index (χ3v) is 11.3. The third kappa shape index (κ3) is 49.7. The lowest BCUT2D eigenvalue weighted by Crippen LogP contribution is -2.30. The van der Waals surface area contributed by atoms with E-state index in [1.807, 2.05) is 0 Å². The zero-order valence-electron chi connectivity index (χ0n) is 41.3. The van der Waals surface area contributed by atoms with Crippen molar-refractivity contribution in [2.45, 2.75) is 258 Å². The van der Waals surface area contributed by atoms with Crippen molar-refractivity contribution >= 4 is 17.9 Å². The van der Waals surface area contributed by atoms with Crippen molar-refractivity contribution in [3.63, 3.8) is 0 Å². The minimum atomic E-state index is -0.792. The molecule has 0 heterocycles. The summed E-state index contributed by atoms with van der Waals surface area (Å²) in [6.07, 6.45) is 64.6. The monoisotopic (exact) mass is 879 g/mol. The lowest BCUT2D eigenvalue weighted by atomic mass is 10.1. The Morgan fingerprint density at radius 1 is 0.333 bits per heavy atom. The summed E-state index contributed by atoms with van der Waals surface area (Å²) in [5.74, 6) is -0.929. The third-order valence-electron chi connectivity index (χ3n) is 11.3. The number of rotatable bonds is 47. The van der Waals surface area contributed by atoms with Crippen molar-refractivity contribution in [2.75, 3.05) is 13.2 Å². The SMILES string of the molecule is CC/C=C/C=C/C=C/CCCCCCCC(=O)OC(COC(=O)CCCCC/C=C/CCCCCCCC)COC(=O)CCCCCCCCCCCC/C=C/C=C/CCCCC. The second-order valence-electron chi connectivity index (χ2n) is 17.5. The number of carbonyl (C=O) groups excluding carboxylic acids is 3. The number of ether oxygens (including phenoxy) is 3.